The summed E-state index contributed by atoms with van der Waals surface area (Å²) in [5.41, 5.74) is 1.18. The van der Waals surface area contributed by atoms with Crippen LogP contribution in [0.2, 0.25) is 0 Å². The quantitative estimate of drug-likeness (QED) is 0.882. The first-order valence-electron chi connectivity index (χ1n) is 6.09. The van der Waals surface area contributed by atoms with Crippen LogP contribution in [0.4, 0.5) is 11.5 Å². The number of aromatic nitrogens is 2. The zero-order valence-corrected chi connectivity index (χ0v) is 10.9. The van der Waals surface area contributed by atoms with Crippen LogP contribution in [-0.2, 0) is 0 Å². The first-order chi connectivity index (χ1) is 9.15. The van der Waals surface area contributed by atoms with E-state index in [-0.39, 0.29) is 5.91 Å². The molecule has 2 aromatic rings. The third-order valence-corrected chi connectivity index (χ3v) is 2.38. The smallest absolute Gasteiger partial charge is 0.257 e. The number of anilines is 2. The molecule has 1 amide bonds. The van der Waals surface area contributed by atoms with Gasteiger partial charge in [0, 0.05) is 18.4 Å². The van der Waals surface area contributed by atoms with Crippen LogP contribution in [0.25, 0.3) is 0 Å². The van der Waals surface area contributed by atoms with E-state index >= 15 is 0 Å². The minimum absolute atomic E-state index is 0.195. The number of nitrogens with zero attached hydrogens (tertiary/aromatic N) is 2. The predicted octanol–water partition coefficient (Wildman–Crippen LogP) is 2.55. The van der Waals surface area contributed by atoms with Crippen molar-refractivity contribution in [2.24, 2.45) is 0 Å². The fourth-order valence-electron chi connectivity index (χ4n) is 1.55. The second-order valence-corrected chi connectivity index (χ2v) is 4.43. The van der Waals surface area contributed by atoms with E-state index in [1.54, 1.807) is 24.5 Å². The highest BCUT2D eigenvalue weighted by Crippen LogP contribution is 2.11. The molecule has 98 valence electrons. The summed E-state index contributed by atoms with van der Waals surface area (Å²) in [6.07, 6.45) is 4.78. The highest BCUT2D eigenvalue weighted by Gasteiger charge is 2.06. The Kier molecular flexibility index (Phi) is 4.07. The summed E-state index contributed by atoms with van der Waals surface area (Å²) in [6.45, 7) is 4.08. The molecule has 0 aliphatic heterocycles. The third-order valence-electron chi connectivity index (χ3n) is 2.38. The number of carbonyl (C=O) groups excluding carboxylic acids is 1. The Morgan fingerprint density at radius 3 is 2.63 bits per heavy atom. The van der Waals surface area contributed by atoms with Gasteiger partial charge in [0.1, 0.15) is 5.82 Å². The number of rotatable bonds is 4. The Labute approximate surface area is 112 Å². The van der Waals surface area contributed by atoms with Crippen LogP contribution in [-0.4, -0.2) is 21.9 Å². The topological polar surface area (TPSA) is 66.9 Å². The lowest BCUT2D eigenvalue weighted by molar-refractivity contribution is 0.102. The largest absolute Gasteiger partial charge is 0.368 e. The van der Waals surface area contributed by atoms with Gasteiger partial charge in [-0.25, -0.2) is 4.98 Å². The van der Waals surface area contributed by atoms with Gasteiger partial charge in [0.25, 0.3) is 5.91 Å². The number of amides is 1. The molecule has 19 heavy (non-hydrogen) atoms. The van der Waals surface area contributed by atoms with Crippen LogP contribution in [0.5, 0.6) is 0 Å². The van der Waals surface area contributed by atoms with Crippen molar-refractivity contribution in [1.29, 1.82) is 0 Å². The lowest BCUT2D eigenvalue weighted by Crippen LogP contribution is -2.13. The molecule has 0 bridgehead atoms. The van der Waals surface area contributed by atoms with Gasteiger partial charge in [-0.1, -0.05) is 0 Å². The minimum atomic E-state index is -0.195. The normalized spacial score (nSPS) is 10.3. The van der Waals surface area contributed by atoms with Crippen molar-refractivity contribution < 1.29 is 4.79 Å². The van der Waals surface area contributed by atoms with Gasteiger partial charge in [-0.3, -0.25) is 9.78 Å². The van der Waals surface area contributed by atoms with Crippen molar-refractivity contribution in [2.75, 3.05) is 10.6 Å². The van der Waals surface area contributed by atoms with Crippen molar-refractivity contribution >= 4 is 17.4 Å². The van der Waals surface area contributed by atoms with Crippen LogP contribution in [0.3, 0.4) is 0 Å². The summed E-state index contributed by atoms with van der Waals surface area (Å²) in [5.74, 6) is 0.592. The number of nitrogens with one attached hydrogen (secondary N) is 2. The van der Waals surface area contributed by atoms with Crippen molar-refractivity contribution in [3.05, 3.63) is 48.4 Å². The monoisotopic (exact) mass is 256 g/mol. The Hall–Kier alpha value is -2.43. The Balaban J connectivity index is 2.02. The molecule has 0 aliphatic rings. The summed E-state index contributed by atoms with van der Waals surface area (Å²) < 4.78 is 0. The maximum absolute atomic E-state index is 11.9. The standard InChI is InChI=1S/C14H16N4O/c1-10(2)17-13-6-5-12(9-16-13)18-14(19)11-4-3-7-15-8-11/h3-10H,1-2H3,(H,16,17)(H,18,19). The van der Waals surface area contributed by atoms with E-state index in [0.717, 1.165) is 5.82 Å². The van der Waals surface area contributed by atoms with Gasteiger partial charge in [-0.2, -0.15) is 0 Å². The summed E-state index contributed by atoms with van der Waals surface area (Å²) in [7, 11) is 0. The molecule has 5 heteroatoms. The van der Waals surface area contributed by atoms with Crippen LogP contribution in [0, 0.1) is 0 Å². The Bertz CT molecular complexity index is 537. The zero-order chi connectivity index (χ0) is 13.7. The lowest BCUT2D eigenvalue weighted by atomic mass is 10.2. The van der Waals surface area contributed by atoms with E-state index in [4.69, 9.17) is 0 Å². The van der Waals surface area contributed by atoms with E-state index in [9.17, 15) is 4.79 Å². The van der Waals surface area contributed by atoms with E-state index in [0.29, 0.717) is 17.3 Å². The molecule has 0 saturated carbocycles. The predicted molar refractivity (Wildman–Crippen MR) is 75.2 cm³/mol. The van der Waals surface area contributed by atoms with Gasteiger partial charge in [0.15, 0.2) is 0 Å². The van der Waals surface area contributed by atoms with Crippen molar-refractivity contribution in [2.45, 2.75) is 19.9 Å². The van der Waals surface area contributed by atoms with Crippen molar-refractivity contribution in [3.63, 3.8) is 0 Å². The van der Waals surface area contributed by atoms with Crippen LogP contribution < -0.4 is 10.6 Å². The molecular weight excluding hydrogens is 240 g/mol. The maximum atomic E-state index is 11.9. The molecule has 2 aromatic heterocycles. The van der Waals surface area contributed by atoms with Crippen LogP contribution in [0.1, 0.15) is 24.2 Å². The van der Waals surface area contributed by atoms with Crippen molar-refractivity contribution in [1.82, 2.24) is 9.97 Å². The average Bonchev–Trinajstić information content (AvgIpc) is 2.41. The molecule has 2 N–H and O–H groups in total. The molecule has 0 aromatic carbocycles. The molecule has 0 atom stereocenters. The van der Waals surface area contributed by atoms with Crippen LogP contribution in [0.15, 0.2) is 42.9 Å². The number of hydrogen-bond donors (Lipinski definition) is 2. The molecule has 0 spiro atoms. The fourth-order valence-corrected chi connectivity index (χ4v) is 1.55. The minimum Gasteiger partial charge on any atom is -0.368 e. The molecule has 0 radical (unpaired) electrons. The molecule has 0 fully saturated rings. The molecule has 2 rings (SSSR count). The first-order valence-corrected chi connectivity index (χ1v) is 6.09. The average molecular weight is 256 g/mol. The van der Waals surface area contributed by atoms with Gasteiger partial charge in [-0.15, -0.1) is 0 Å². The van der Waals surface area contributed by atoms with Gasteiger partial charge in [0.05, 0.1) is 17.4 Å². The van der Waals surface area contributed by atoms with E-state index < -0.39 is 0 Å². The molecule has 0 unspecified atom stereocenters. The molecule has 0 aliphatic carbocycles. The Morgan fingerprint density at radius 1 is 1.21 bits per heavy atom. The SMILES string of the molecule is CC(C)Nc1ccc(NC(=O)c2cccnc2)cn1. The highest BCUT2D eigenvalue weighted by molar-refractivity contribution is 6.03. The number of hydrogen-bond acceptors (Lipinski definition) is 4. The zero-order valence-electron chi connectivity index (χ0n) is 10.9. The molecule has 5 nitrogen and oxygen atoms in total. The second kappa shape index (κ2) is 5.95. The van der Waals surface area contributed by atoms with E-state index in [2.05, 4.69) is 20.6 Å². The van der Waals surface area contributed by atoms with Gasteiger partial charge < -0.3 is 10.6 Å². The van der Waals surface area contributed by atoms with Gasteiger partial charge in [0.2, 0.25) is 0 Å². The Morgan fingerprint density at radius 2 is 2.05 bits per heavy atom. The molecule has 2 heterocycles. The van der Waals surface area contributed by atoms with Crippen LogP contribution >= 0.6 is 0 Å². The fraction of sp³-hybridized carbons (Fsp3) is 0.214. The van der Waals surface area contributed by atoms with Gasteiger partial charge >= 0.3 is 0 Å². The van der Waals surface area contributed by atoms with Gasteiger partial charge in [-0.05, 0) is 38.1 Å². The number of carbonyl (C=O) groups is 1. The first kappa shape index (κ1) is 13.0. The molecule has 0 saturated heterocycles. The highest BCUT2D eigenvalue weighted by atomic mass is 16.1. The molecular formula is C14H16N4O. The maximum Gasteiger partial charge on any atom is 0.257 e. The lowest BCUT2D eigenvalue weighted by Gasteiger charge is -2.09. The van der Waals surface area contributed by atoms with E-state index in [1.165, 1.54) is 6.20 Å². The number of pyridine rings is 2. The summed E-state index contributed by atoms with van der Waals surface area (Å²) >= 11 is 0. The van der Waals surface area contributed by atoms with E-state index in [1.807, 2.05) is 26.0 Å². The summed E-state index contributed by atoms with van der Waals surface area (Å²) in [4.78, 5) is 20.0. The summed E-state index contributed by atoms with van der Waals surface area (Å²) in [5, 5.41) is 5.95. The third kappa shape index (κ3) is 3.77. The second-order valence-electron chi connectivity index (χ2n) is 4.43. The summed E-state index contributed by atoms with van der Waals surface area (Å²) in [6, 6.07) is 7.40. The van der Waals surface area contributed by atoms with Crippen molar-refractivity contribution in [3.8, 4) is 0 Å².